The highest BCUT2D eigenvalue weighted by Crippen LogP contribution is 2.29. The third kappa shape index (κ3) is 2.76. The van der Waals surface area contributed by atoms with E-state index in [2.05, 4.69) is 4.74 Å². The average Bonchev–Trinajstić information content (AvgIpc) is 2.93. The number of carbonyl (C=O) groups is 3. The first-order valence-electron chi connectivity index (χ1n) is 6.52. The Kier molecular flexibility index (Phi) is 4.41. The summed E-state index contributed by atoms with van der Waals surface area (Å²) in [6.07, 6.45) is 0.0829. The minimum atomic E-state index is -0.625. The number of ether oxygens (including phenoxy) is 2. The zero-order valence-electron chi connectivity index (χ0n) is 12.2. The molecule has 1 fully saturated rings. The number of benzene rings is 1. The maximum atomic E-state index is 12.1. The largest absolute Gasteiger partial charge is 0.465 e. The number of esters is 2. The van der Waals surface area contributed by atoms with Crippen LogP contribution in [-0.4, -0.2) is 38.6 Å². The maximum absolute atomic E-state index is 12.1. The molecule has 1 unspecified atom stereocenters. The van der Waals surface area contributed by atoms with Crippen molar-refractivity contribution in [2.24, 2.45) is 5.92 Å². The van der Waals surface area contributed by atoms with E-state index >= 15 is 0 Å². The van der Waals surface area contributed by atoms with Crippen molar-refractivity contribution < 1.29 is 23.9 Å². The zero-order chi connectivity index (χ0) is 16.3. The lowest BCUT2D eigenvalue weighted by Crippen LogP contribution is -2.27. The van der Waals surface area contributed by atoms with Gasteiger partial charge in [-0.1, -0.05) is 0 Å². The van der Waals surface area contributed by atoms with E-state index in [0.29, 0.717) is 0 Å². The number of hydrogen-bond donors (Lipinski definition) is 0. The highest BCUT2D eigenvalue weighted by Gasteiger charge is 2.33. The van der Waals surface area contributed by atoms with Crippen LogP contribution >= 0.6 is 0 Å². The average molecular weight is 302 g/mol. The van der Waals surface area contributed by atoms with Gasteiger partial charge in [-0.25, -0.2) is 9.59 Å². The molecule has 1 aliphatic heterocycles. The Bertz CT molecular complexity index is 677. The molecule has 1 atom stereocenters. The van der Waals surface area contributed by atoms with Gasteiger partial charge in [0.05, 0.1) is 43.0 Å². The Morgan fingerprint density at radius 2 is 1.95 bits per heavy atom. The van der Waals surface area contributed by atoms with Gasteiger partial charge in [0.15, 0.2) is 0 Å². The van der Waals surface area contributed by atoms with Gasteiger partial charge >= 0.3 is 11.9 Å². The normalized spacial score (nSPS) is 17.0. The van der Waals surface area contributed by atoms with Crippen molar-refractivity contribution in [3.63, 3.8) is 0 Å². The van der Waals surface area contributed by atoms with Crippen LogP contribution in [0.25, 0.3) is 0 Å². The van der Waals surface area contributed by atoms with Gasteiger partial charge < -0.3 is 14.4 Å². The van der Waals surface area contributed by atoms with Crippen LogP contribution in [0.5, 0.6) is 0 Å². The van der Waals surface area contributed by atoms with Crippen LogP contribution in [0.15, 0.2) is 18.2 Å². The predicted octanol–water partition coefficient (Wildman–Crippen LogP) is 1.14. The first-order chi connectivity index (χ1) is 10.5. The summed E-state index contributed by atoms with van der Waals surface area (Å²) in [5.74, 6) is -1.93. The highest BCUT2D eigenvalue weighted by atomic mass is 16.5. The zero-order valence-corrected chi connectivity index (χ0v) is 12.2. The van der Waals surface area contributed by atoms with E-state index in [-0.39, 0.29) is 35.7 Å². The van der Waals surface area contributed by atoms with Crippen molar-refractivity contribution >= 4 is 23.5 Å². The Labute approximate surface area is 127 Å². The van der Waals surface area contributed by atoms with Gasteiger partial charge in [0.1, 0.15) is 0 Å². The summed E-state index contributed by atoms with van der Waals surface area (Å²) in [4.78, 5) is 36.9. The molecule has 0 aliphatic carbocycles. The molecule has 0 aromatic heterocycles. The van der Waals surface area contributed by atoms with Crippen LogP contribution in [0.2, 0.25) is 0 Å². The predicted molar refractivity (Wildman–Crippen MR) is 75.2 cm³/mol. The molecule has 1 heterocycles. The lowest BCUT2D eigenvalue weighted by molar-refractivity contribution is -0.117. The van der Waals surface area contributed by atoms with E-state index in [1.54, 1.807) is 0 Å². The second kappa shape index (κ2) is 6.26. The molecule has 114 valence electrons. The molecule has 22 heavy (non-hydrogen) atoms. The second-order valence-electron chi connectivity index (χ2n) is 4.75. The third-order valence-corrected chi connectivity index (χ3v) is 3.42. The van der Waals surface area contributed by atoms with E-state index < -0.39 is 17.9 Å². The number of amides is 1. The number of nitriles is 1. The fourth-order valence-electron chi connectivity index (χ4n) is 2.31. The standard InChI is InChI=1S/C15H14N2O5/c1-21-14(19)10-3-4-11(15(20)22-2)12(6-10)17-8-9(7-16)5-13(17)18/h3-4,6,9H,5,8H2,1-2H3. The second-order valence-corrected chi connectivity index (χ2v) is 4.75. The van der Waals surface area contributed by atoms with Crippen molar-refractivity contribution in [2.45, 2.75) is 6.42 Å². The fraction of sp³-hybridized carbons (Fsp3) is 0.333. The molecule has 1 aliphatic rings. The summed E-state index contributed by atoms with van der Waals surface area (Å²) in [5, 5.41) is 8.96. The number of carbonyl (C=O) groups excluding carboxylic acids is 3. The van der Waals surface area contributed by atoms with Crippen LogP contribution in [-0.2, 0) is 14.3 Å². The molecule has 0 radical (unpaired) electrons. The SMILES string of the molecule is COC(=O)c1ccc(C(=O)OC)c(N2CC(C#N)CC2=O)c1. The van der Waals surface area contributed by atoms with Crippen LogP contribution < -0.4 is 4.90 Å². The summed E-state index contributed by atoms with van der Waals surface area (Å²) >= 11 is 0. The van der Waals surface area contributed by atoms with Gasteiger partial charge in [-0.05, 0) is 18.2 Å². The molecule has 7 nitrogen and oxygen atoms in total. The van der Waals surface area contributed by atoms with Gasteiger partial charge in [-0.3, -0.25) is 4.79 Å². The van der Waals surface area contributed by atoms with Crippen LogP contribution in [0.3, 0.4) is 0 Å². The summed E-state index contributed by atoms with van der Waals surface area (Å²) in [6.45, 7) is 0.171. The van der Waals surface area contributed by atoms with Crippen molar-refractivity contribution in [1.29, 1.82) is 5.26 Å². The van der Waals surface area contributed by atoms with Crippen molar-refractivity contribution in [3.8, 4) is 6.07 Å². The molecule has 1 amide bonds. The molecule has 2 rings (SSSR count). The fourth-order valence-corrected chi connectivity index (χ4v) is 2.31. The molecule has 0 saturated carbocycles. The van der Waals surface area contributed by atoms with E-state index in [9.17, 15) is 14.4 Å². The number of methoxy groups -OCH3 is 2. The molecule has 0 spiro atoms. The minimum Gasteiger partial charge on any atom is -0.465 e. The number of anilines is 1. The minimum absolute atomic E-state index is 0.0829. The Balaban J connectivity index is 2.50. The topological polar surface area (TPSA) is 96.7 Å². The van der Waals surface area contributed by atoms with E-state index in [1.807, 2.05) is 6.07 Å². The Hall–Kier alpha value is -2.88. The van der Waals surface area contributed by atoms with Gasteiger partial charge in [0.2, 0.25) is 5.91 Å². The molecule has 1 aromatic rings. The lowest BCUT2D eigenvalue weighted by atomic mass is 10.1. The number of rotatable bonds is 3. The van der Waals surface area contributed by atoms with Crippen LogP contribution in [0.1, 0.15) is 27.1 Å². The van der Waals surface area contributed by atoms with Gasteiger partial charge in [-0.15, -0.1) is 0 Å². The van der Waals surface area contributed by atoms with Gasteiger partial charge in [0.25, 0.3) is 0 Å². The smallest absolute Gasteiger partial charge is 0.339 e. The third-order valence-electron chi connectivity index (χ3n) is 3.42. The first-order valence-corrected chi connectivity index (χ1v) is 6.52. The van der Waals surface area contributed by atoms with E-state index in [0.717, 1.165) is 0 Å². The Morgan fingerprint density at radius 1 is 1.27 bits per heavy atom. The first kappa shape index (κ1) is 15.5. The number of nitrogens with zero attached hydrogens (tertiary/aromatic N) is 2. The maximum Gasteiger partial charge on any atom is 0.339 e. The highest BCUT2D eigenvalue weighted by molar-refractivity contribution is 6.05. The summed E-state index contributed by atoms with van der Waals surface area (Å²) in [6, 6.07) is 6.26. The molecule has 0 N–H and O–H groups in total. The summed E-state index contributed by atoms with van der Waals surface area (Å²) in [7, 11) is 2.47. The summed E-state index contributed by atoms with van der Waals surface area (Å²) < 4.78 is 9.33. The molecule has 1 aromatic carbocycles. The van der Waals surface area contributed by atoms with Crippen molar-refractivity contribution in [2.75, 3.05) is 25.7 Å². The number of hydrogen-bond acceptors (Lipinski definition) is 6. The van der Waals surface area contributed by atoms with E-state index in [1.165, 1.54) is 37.3 Å². The van der Waals surface area contributed by atoms with E-state index in [4.69, 9.17) is 10.00 Å². The molecular weight excluding hydrogens is 288 g/mol. The lowest BCUT2D eigenvalue weighted by Gasteiger charge is -2.19. The quantitative estimate of drug-likeness (QED) is 0.777. The van der Waals surface area contributed by atoms with Crippen LogP contribution in [0.4, 0.5) is 5.69 Å². The molecule has 0 bridgehead atoms. The Morgan fingerprint density at radius 3 is 2.50 bits per heavy atom. The molecule has 1 saturated heterocycles. The van der Waals surface area contributed by atoms with Crippen molar-refractivity contribution in [3.05, 3.63) is 29.3 Å². The molecule has 7 heteroatoms. The van der Waals surface area contributed by atoms with Crippen molar-refractivity contribution in [1.82, 2.24) is 0 Å². The molecular formula is C15H14N2O5. The van der Waals surface area contributed by atoms with Crippen LogP contribution in [0, 0.1) is 17.2 Å². The summed E-state index contributed by atoms with van der Waals surface area (Å²) in [5.41, 5.74) is 0.609. The van der Waals surface area contributed by atoms with Gasteiger partial charge in [-0.2, -0.15) is 5.26 Å². The monoisotopic (exact) mass is 302 g/mol. The van der Waals surface area contributed by atoms with Gasteiger partial charge in [0, 0.05) is 13.0 Å².